The van der Waals surface area contributed by atoms with E-state index in [1.165, 1.54) is 6.08 Å². The van der Waals surface area contributed by atoms with Gasteiger partial charge in [0, 0.05) is 23.4 Å². The van der Waals surface area contributed by atoms with Crippen LogP contribution in [0.2, 0.25) is 10.0 Å². The number of benzene rings is 2. The van der Waals surface area contributed by atoms with E-state index in [-0.39, 0.29) is 17.9 Å². The fraction of sp³-hybridized carbons (Fsp3) is 0.158. The molecule has 0 saturated carbocycles. The zero-order valence-electron chi connectivity index (χ0n) is 13.8. The molecule has 0 atom stereocenters. The standard InChI is InChI=1S/C19H18Cl2N2O2/c1-12(2)22-19(25)14-6-9-15(10-7-14)23-17(24)11-8-13-4-3-5-16(20)18(13)21/h3-12H,1-2H3,(H,22,25)(H,23,24)/b11-8+. The first-order valence-electron chi connectivity index (χ1n) is 7.71. The van der Waals surface area contributed by atoms with Gasteiger partial charge >= 0.3 is 0 Å². The van der Waals surface area contributed by atoms with E-state index in [0.29, 0.717) is 26.9 Å². The Labute approximate surface area is 156 Å². The molecule has 0 radical (unpaired) electrons. The lowest BCUT2D eigenvalue weighted by Crippen LogP contribution is -2.29. The maximum Gasteiger partial charge on any atom is 0.251 e. The van der Waals surface area contributed by atoms with Gasteiger partial charge in [0.15, 0.2) is 0 Å². The molecule has 0 fully saturated rings. The molecule has 2 aromatic rings. The Balaban J connectivity index is 2.00. The van der Waals surface area contributed by atoms with Crippen LogP contribution in [-0.4, -0.2) is 17.9 Å². The van der Waals surface area contributed by atoms with Gasteiger partial charge in [0.25, 0.3) is 5.91 Å². The first-order valence-corrected chi connectivity index (χ1v) is 8.46. The SMILES string of the molecule is CC(C)NC(=O)c1ccc(NC(=O)/C=C/c2cccc(Cl)c2Cl)cc1. The van der Waals surface area contributed by atoms with Gasteiger partial charge in [-0.05, 0) is 55.8 Å². The number of halogens is 2. The molecule has 2 N–H and O–H groups in total. The minimum absolute atomic E-state index is 0.0651. The molecule has 0 unspecified atom stereocenters. The van der Waals surface area contributed by atoms with E-state index in [4.69, 9.17) is 23.2 Å². The van der Waals surface area contributed by atoms with E-state index >= 15 is 0 Å². The normalized spacial score (nSPS) is 10.9. The second kappa shape index (κ2) is 8.70. The summed E-state index contributed by atoms with van der Waals surface area (Å²) in [6.07, 6.45) is 2.96. The van der Waals surface area contributed by atoms with Crippen LogP contribution in [0.25, 0.3) is 6.08 Å². The summed E-state index contributed by atoms with van der Waals surface area (Å²) in [7, 11) is 0. The lowest BCUT2D eigenvalue weighted by molar-refractivity contribution is -0.111. The molecule has 2 amide bonds. The molecular formula is C19H18Cl2N2O2. The van der Waals surface area contributed by atoms with Crippen molar-refractivity contribution >= 4 is 46.8 Å². The number of carbonyl (C=O) groups is 2. The van der Waals surface area contributed by atoms with Crippen molar-refractivity contribution in [2.24, 2.45) is 0 Å². The molecule has 2 rings (SSSR count). The van der Waals surface area contributed by atoms with Crippen molar-refractivity contribution in [2.75, 3.05) is 5.32 Å². The summed E-state index contributed by atoms with van der Waals surface area (Å²) in [6.45, 7) is 3.79. The zero-order valence-corrected chi connectivity index (χ0v) is 15.4. The molecule has 0 bridgehead atoms. The van der Waals surface area contributed by atoms with Crippen molar-refractivity contribution in [3.8, 4) is 0 Å². The summed E-state index contributed by atoms with van der Waals surface area (Å²) < 4.78 is 0. The number of rotatable bonds is 5. The van der Waals surface area contributed by atoms with E-state index in [0.717, 1.165) is 0 Å². The molecule has 0 spiro atoms. The molecular weight excluding hydrogens is 359 g/mol. The summed E-state index contributed by atoms with van der Waals surface area (Å²) in [4.78, 5) is 23.9. The van der Waals surface area contributed by atoms with Crippen LogP contribution < -0.4 is 10.6 Å². The highest BCUT2D eigenvalue weighted by molar-refractivity contribution is 6.42. The van der Waals surface area contributed by atoms with Gasteiger partial charge in [-0.15, -0.1) is 0 Å². The third kappa shape index (κ3) is 5.62. The second-order valence-electron chi connectivity index (χ2n) is 5.67. The monoisotopic (exact) mass is 376 g/mol. The Morgan fingerprint density at radius 3 is 2.36 bits per heavy atom. The van der Waals surface area contributed by atoms with Gasteiger partial charge in [-0.1, -0.05) is 35.3 Å². The van der Waals surface area contributed by atoms with Crippen LogP contribution >= 0.6 is 23.2 Å². The zero-order chi connectivity index (χ0) is 18.4. The quantitative estimate of drug-likeness (QED) is 0.737. The predicted molar refractivity (Wildman–Crippen MR) is 103 cm³/mol. The molecule has 0 aromatic heterocycles. The lowest BCUT2D eigenvalue weighted by Gasteiger charge is -2.09. The van der Waals surface area contributed by atoms with Crippen molar-refractivity contribution in [3.05, 3.63) is 69.7 Å². The molecule has 0 heterocycles. The summed E-state index contributed by atoms with van der Waals surface area (Å²) in [5.41, 5.74) is 1.78. The Bertz CT molecular complexity index is 800. The average Bonchev–Trinajstić information content (AvgIpc) is 2.56. The summed E-state index contributed by atoms with van der Waals surface area (Å²) in [6, 6.07) is 11.9. The van der Waals surface area contributed by atoms with E-state index in [2.05, 4.69) is 10.6 Å². The second-order valence-corrected chi connectivity index (χ2v) is 6.46. The largest absolute Gasteiger partial charge is 0.350 e. The molecule has 0 aliphatic heterocycles. The van der Waals surface area contributed by atoms with Gasteiger partial charge in [0.05, 0.1) is 10.0 Å². The predicted octanol–water partition coefficient (Wildman–Crippen LogP) is 4.78. The molecule has 0 aliphatic carbocycles. The molecule has 6 heteroatoms. The molecule has 25 heavy (non-hydrogen) atoms. The third-order valence-electron chi connectivity index (χ3n) is 3.23. The smallest absolute Gasteiger partial charge is 0.251 e. The highest BCUT2D eigenvalue weighted by atomic mass is 35.5. The summed E-state index contributed by atoms with van der Waals surface area (Å²) in [5, 5.41) is 6.35. The molecule has 2 aromatic carbocycles. The first kappa shape index (κ1) is 19.0. The fourth-order valence-corrected chi connectivity index (χ4v) is 2.42. The van der Waals surface area contributed by atoms with Crippen LogP contribution in [-0.2, 0) is 4.79 Å². The molecule has 0 saturated heterocycles. The highest BCUT2D eigenvalue weighted by Gasteiger charge is 2.07. The summed E-state index contributed by atoms with van der Waals surface area (Å²) >= 11 is 12.0. The Morgan fingerprint density at radius 1 is 1.04 bits per heavy atom. The number of anilines is 1. The van der Waals surface area contributed by atoms with Crippen molar-refractivity contribution in [2.45, 2.75) is 19.9 Å². The van der Waals surface area contributed by atoms with Crippen molar-refractivity contribution < 1.29 is 9.59 Å². The van der Waals surface area contributed by atoms with Gasteiger partial charge in [-0.25, -0.2) is 0 Å². The number of amides is 2. The van der Waals surface area contributed by atoms with Crippen molar-refractivity contribution in [1.82, 2.24) is 5.32 Å². The molecule has 130 valence electrons. The maximum atomic E-state index is 12.0. The number of carbonyl (C=O) groups excluding carboxylic acids is 2. The molecule has 0 aliphatic rings. The Kier molecular flexibility index (Phi) is 6.62. The lowest BCUT2D eigenvalue weighted by atomic mass is 10.2. The van der Waals surface area contributed by atoms with E-state index in [1.807, 2.05) is 13.8 Å². The minimum Gasteiger partial charge on any atom is -0.350 e. The van der Waals surface area contributed by atoms with Crippen LogP contribution in [0.1, 0.15) is 29.8 Å². The van der Waals surface area contributed by atoms with E-state index < -0.39 is 0 Å². The minimum atomic E-state index is -0.310. The van der Waals surface area contributed by atoms with Gasteiger partial charge in [0.2, 0.25) is 5.91 Å². The number of hydrogen-bond acceptors (Lipinski definition) is 2. The molecule has 4 nitrogen and oxygen atoms in total. The Morgan fingerprint density at radius 2 is 1.72 bits per heavy atom. The fourth-order valence-electron chi connectivity index (χ4n) is 2.05. The van der Waals surface area contributed by atoms with Crippen molar-refractivity contribution in [1.29, 1.82) is 0 Å². The van der Waals surface area contributed by atoms with Crippen LogP contribution in [0.5, 0.6) is 0 Å². The van der Waals surface area contributed by atoms with Gasteiger partial charge < -0.3 is 10.6 Å². The topological polar surface area (TPSA) is 58.2 Å². The van der Waals surface area contributed by atoms with Gasteiger partial charge in [0.1, 0.15) is 0 Å². The number of nitrogens with one attached hydrogen (secondary N) is 2. The average molecular weight is 377 g/mol. The maximum absolute atomic E-state index is 12.0. The van der Waals surface area contributed by atoms with Crippen LogP contribution in [0.15, 0.2) is 48.5 Å². The Hall–Kier alpha value is -2.30. The van der Waals surface area contributed by atoms with Crippen LogP contribution in [0.3, 0.4) is 0 Å². The van der Waals surface area contributed by atoms with Crippen molar-refractivity contribution in [3.63, 3.8) is 0 Å². The van der Waals surface area contributed by atoms with Crippen LogP contribution in [0.4, 0.5) is 5.69 Å². The van der Waals surface area contributed by atoms with E-state index in [9.17, 15) is 9.59 Å². The first-order chi connectivity index (χ1) is 11.9. The highest BCUT2D eigenvalue weighted by Crippen LogP contribution is 2.26. The van der Waals surface area contributed by atoms with Crippen LogP contribution in [0, 0.1) is 0 Å². The third-order valence-corrected chi connectivity index (χ3v) is 4.06. The van der Waals surface area contributed by atoms with E-state index in [1.54, 1.807) is 48.5 Å². The van der Waals surface area contributed by atoms with Gasteiger partial charge in [-0.3, -0.25) is 9.59 Å². The summed E-state index contributed by atoms with van der Waals surface area (Å²) in [5.74, 6) is -0.459. The van der Waals surface area contributed by atoms with Gasteiger partial charge in [-0.2, -0.15) is 0 Å². The number of hydrogen-bond donors (Lipinski definition) is 2.